The van der Waals surface area contributed by atoms with Crippen molar-refractivity contribution in [2.45, 2.75) is 23.9 Å². The van der Waals surface area contributed by atoms with Crippen molar-refractivity contribution >= 4 is 40.7 Å². The fourth-order valence-electron chi connectivity index (χ4n) is 7.16. The molecule has 4 aliphatic rings. The third kappa shape index (κ3) is 2.19. The van der Waals surface area contributed by atoms with Gasteiger partial charge in [-0.25, -0.2) is 0 Å². The molecule has 0 saturated carbocycles. The van der Waals surface area contributed by atoms with Crippen LogP contribution in [0, 0.1) is 5.41 Å². The average molecular weight is 486 g/mol. The van der Waals surface area contributed by atoms with E-state index >= 15 is 0 Å². The van der Waals surface area contributed by atoms with E-state index in [0.29, 0.717) is 34.0 Å². The fourth-order valence-corrected chi connectivity index (χ4v) is 8.59. The Morgan fingerprint density at radius 2 is 1.41 bits per heavy atom. The van der Waals surface area contributed by atoms with Gasteiger partial charge in [-0.3, -0.25) is 19.3 Å². The van der Waals surface area contributed by atoms with Gasteiger partial charge in [-0.05, 0) is 29.7 Å². The lowest BCUT2D eigenvalue weighted by Gasteiger charge is -2.43. The molecule has 0 N–H and O–H groups in total. The van der Waals surface area contributed by atoms with Crippen molar-refractivity contribution in [1.82, 2.24) is 4.90 Å². The minimum Gasteiger partial charge on any atom is -0.293 e. The molecule has 4 nitrogen and oxygen atoms in total. The second-order valence-corrected chi connectivity index (χ2v) is 11.1. The third-order valence-corrected chi connectivity index (χ3v) is 9.64. The number of nitrogens with zero attached hydrogens (tertiary/aromatic N) is 1. The van der Waals surface area contributed by atoms with Gasteiger partial charge in [-0.1, -0.05) is 72.3 Å². The third-order valence-electron chi connectivity index (χ3n) is 8.35. The van der Waals surface area contributed by atoms with Gasteiger partial charge in [0.05, 0.1) is 5.41 Å². The molecule has 3 unspecified atom stereocenters. The highest BCUT2D eigenvalue weighted by Crippen LogP contribution is 2.67. The van der Waals surface area contributed by atoms with Gasteiger partial charge in [0.25, 0.3) is 0 Å². The van der Waals surface area contributed by atoms with Gasteiger partial charge in [0.1, 0.15) is 0 Å². The Morgan fingerprint density at radius 1 is 0.794 bits per heavy atom. The molecule has 34 heavy (non-hydrogen) atoms. The Morgan fingerprint density at radius 3 is 2.06 bits per heavy atom. The first-order valence-electron chi connectivity index (χ1n) is 11.4. The Balaban J connectivity index is 1.57. The topological polar surface area (TPSA) is 54.5 Å². The van der Waals surface area contributed by atoms with E-state index in [1.165, 1.54) is 0 Å². The summed E-state index contributed by atoms with van der Waals surface area (Å²) in [7, 11) is 0. The molecule has 0 radical (unpaired) electrons. The number of hydrogen-bond acceptors (Lipinski definition) is 5. The average Bonchev–Trinajstić information content (AvgIpc) is 3.55. The number of carbonyl (C=O) groups is 3. The van der Waals surface area contributed by atoms with Crippen LogP contribution < -0.4 is 0 Å². The zero-order chi connectivity index (χ0) is 23.2. The minimum atomic E-state index is -1.54. The van der Waals surface area contributed by atoms with Crippen molar-refractivity contribution in [3.63, 3.8) is 0 Å². The van der Waals surface area contributed by atoms with Crippen molar-refractivity contribution in [2.24, 2.45) is 5.41 Å². The maximum atomic E-state index is 14.5. The van der Waals surface area contributed by atoms with Crippen molar-refractivity contribution < 1.29 is 14.4 Å². The lowest BCUT2D eigenvalue weighted by molar-refractivity contribution is 0.0320. The van der Waals surface area contributed by atoms with Crippen LogP contribution in [0.25, 0.3) is 0 Å². The quantitative estimate of drug-likeness (QED) is 0.451. The number of fused-ring (bicyclic) bond motifs is 5. The van der Waals surface area contributed by atoms with Crippen LogP contribution in [0.5, 0.6) is 0 Å². The number of rotatable bonds is 1. The van der Waals surface area contributed by atoms with E-state index in [0.717, 1.165) is 16.9 Å². The number of ketones is 3. The second-order valence-electron chi connectivity index (χ2n) is 9.61. The van der Waals surface area contributed by atoms with Crippen LogP contribution in [0.15, 0.2) is 72.8 Å². The van der Waals surface area contributed by atoms with Gasteiger partial charge in [0, 0.05) is 45.3 Å². The molecule has 2 saturated heterocycles. The van der Waals surface area contributed by atoms with E-state index in [1.54, 1.807) is 36.0 Å². The summed E-state index contributed by atoms with van der Waals surface area (Å²) in [6, 6.07) is 22.1. The molecule has 3 aromatic carbocycles. The summed E-state index contributed by atoms with van der Waals surface area (Å²) in [6.45, 7) is 0. The van der Waals surface area contributed by atoms with E-state index in [9.17, 15) is 14.4 Å². The van der Waals surface area contributed by atoms with Crippen molar-refractivity contribution in [3.05, 3.63) is 106 Å². The maximum Gasteiger partial charge on any atom is 0.192 e. The molecule has 0 amide bonds. The second kappa shape index (κ2) is 6.91. The van der Waals surface area contributed by atoms with Crippen LogP contribution in [-0.4, -0.2) is 45.5 Å². The summed E-state index contributed by atoms with van der Waals surface area (Å²) in [4.78, 5) is 45.5. The lowest BCUT2D eigenvalue weighted by atomic mass is 9.58. The van der Waals surface area contributed by atoms with E-state index in [4.69, 9.17) is 11.6 Å². The lowest BCUT2D eigenvalue weighted by Crippen LogP contribution is -2.64. The van der Waals surface area contributed by atoms with Crippen LogP contribution >= 0.6 is 23.4 Å². The molecule has 0 aromatic heterocycles. The summed E-state index contributed by atoms with van der Waals surface area (Å²) in [6.07, 6.45) is 0.373. The first kappa shape index (κ1) is 20.6. The van der Waals surface area contributed by atoms with E-state index < -0.39 is 11.0 Å². The molecule has 7 rings (SSSR count). The molecule has 2 spiro atoms. The van der Waals surface area contributed by atoms with E-state index in [2.05, 4.69) is 4.90 Å². The Labute approximate surface area is 206 Å². The number of carbonyl (C=O) groups excluding carboxylic acids is 3. The summed E-state index contributed by atoms with van der Waals surface area (Å²) in [5, 5.41) is 0.615. The largest absolute Gasteiger partial charge is 0.293 e. The molecule has 168 valence electrons. The standard InChI is InChI=1S/C28H20ClNO3S/c29-18-11-9-16(10-12-18)23-22-14-34-15-30(22)28(25(32)20-7-3-4-8-21(20)26(28)33)27(23)13-17-5-1-2-6-19(17)24(27)31/h1-12,22-23H,13-15H2. The number of Topliss-reactive ketones (excluding diaryl/α,β-unsaturated/α-hetero) is 3. The summed E-state index contributed by atoms with van der Waals surface area (Å²) in [5.41, 5.74) is 0.624. The van der Waals surface area contributed by atoms with Crippen molar-refractivity contribution in [2.75, 3.05) is 11.6 Å². The van der Waals surface area contributed by atoms with Crippen LogP contribution in [0.3, 0.4) is 0 Å². The molecular formula is C28H20ClNO3S. The highest BCUT2D eigenvalue weighted by atomic mass is 35.5. The van der Waals surface area contributed by atoms with Gasteiger partial charge in [0.2, 0.25) is 0 Å². The molecule has 2 aliphatic heterocycles. The summed E-state index contributed by atoms with van der Waals surface area (Å²) in [5.74, 6) is 0.471. The van der Waals surface area contributed by atoms with Gasteiger partial charge < -0.3 is 0 Å². The van der Waals surface area contributed by atoms with Gasteiger partial charge in [0.15, 0.2) is 22.9 Å². The molecule has 2 fully saturated rings. The normalized spacial score (nSPS) is 28.7. The van der Waals surface area contributed by atoms with Crippen LogP contribution in [-0.2, 0) is 6.42 Å². The van der Waals surface area contributed by atoms with E-state index in [1.807, 2.05) is 48.5 Å². The smallest absolute Gasteiger partial charge is 0.192 e. The summed E-state index contributed by atoms with van der Waals surface area (Å²) >= 11 is 7.94. The predicted octanol–water partition coefficient (Wildman–Crippen LogP) is 5.06. The molecule has 2 aliphatic carbocycles. The number of halogens is 1. The SMILES string of the molecule is O=C1c2ccccc2CC12C(c1ccc(Cl)cc1)C1CSCN1C21C(=O)c2ccccc2C1=O. The fraction of sp³-hybridized carbons (Fsp3) is 0.250. The molecular weight excluding hydrogens is 466 g/mol. The van der Waals surface area contributed by atoms with Crippen LogP contribution in [0.2, 0.25) is 5.02 Å². The van der Waals surface area contributed by atoms with Gasteiger partial charge >= 0.3 is 0 Å². The monoisotopic (exact) mass is 485 g/mol. The first-order chi connectivity index (χ1) is 16.5. The maximum absolute atomic E-state index is 14.5. The number of thioether (sulfide) groups is 1. The Hall–Kier alpha value is -2.73. The van der Waals surface area contributed by atoms with Crippen LogP contribution in [0.4, 0.5) is 0 Å². The highest BCUT2D eigenvalue weighted by Gasteiger charge is 2.81. The van der Waals surface area contributed by atoms with Crippen molar-refractivity contribution in [3.8, 4) is 0 Å². The zero-order valence-corrected chi connectivity index (χ0v) is 19.7. The first-order valence-corrected chi connectivity index (χ1v) is 13.0. The zero-order valence-electron chi connectivity index (χ0n) is 18.2. The minimum absolute atomic E-state index is 0.0862. The Kier molecular flexibility index (Phi) is 4.19. The highest BCUT2D eigenvalue weighted by molar-refractivity contribution is 7.99. The number of benzene rings is 3. The molecule has 2 heterocycles. The molecule has 3 atom stereocenters. The molecule has 0 bridgehead atoms. The Bertz CT molecular complexity index is 1380. The van der Waals surface area contributed by atoms with E-state index in [-0.39, 0.29) is 29.3 Å². The summed E-state index contributed by atoms with van der Waals surface area (Å²) < 4.78 is 0. The van der Waals surface area contributed by atoms with Gasteiger partial charge in [-0.2, -0.15) is 0 Å². The van der Waals surface area contributed by atoms with Crippen molar-refractivity contribution in [1.29, 1.82) is 0 Å². The van der Waals surface area contributed by atoms with Crippen LogP contribution in [0.1, 0.15) is 48.1 Å². The van der Waals surface area contributed by atoms with Gasteiger partial charge in [-0.15, -0.1) is 11.8 Å². The number of hydrogen-bond donors (Lipinski definition) is 0. The molecule has 3 aromatic rings. The molecule has 6 heteroatoms. The predicted molar refractivity (Wildman–Crippen MR) is 132 cm³/mol.